The molecule has 0 bridgehead atoms. The Morgan fingerprint density at radius 2 is 2.43 bits per heavy atom. The van der Waals surface area contributed by atoms with Crippen molar-refractivity contribution in [2.45, 2.75) is 31.7 Å². The number of rotatable bonds is 4. The van der Waals surface area contributed by atoms with Crippen LogP contribution in [0.3, 0.4) is 0 Å². The van der Waals surface area contributed by atoms with Crippen LogP contribution in [0.15, 0.2) is 12.7 Å². The Morgan fingerprint density at radius 1 is 1.64 bits per heavy atom. The summed E-state index contributed by atoms with van der Waals surface area (Å²) < 4.78 is 5.04. The standard InChI is InChI=1S/C11H19NO2/c1-3-11(13)12-8-5-4-6-10(12)7-9-14-2/h3,10H,1,4-9H2,2H3. The maximum Gasteiger partial charge on any atom is 0.246 e. The predicted molar refractivity (Wildman–Crippen MR) is 56.0 cm³/mol. The topological polar surface area (TPSA) is 29.5 Å². The lowest BCUT2D eigenvalue weighted by Gasteiger charge is -2.35. The monoisotopic (exact) mass is 197 g/mol. The quantitative estimate of drug-likeness (QED) is 0.640. The normalized spacial score (nSPS) is 22.1. The fourth-order valence-corrected chi connectivity index (χ4v) is 1.96. The fourth-order valence-electron chi connectivity index (χ4n) is 1.96. The minimum Gasteiger partial charge on any atom is -0.385 e. The molecule has 1 atom stereocenters. The Morgan fingerprint density at radius 3 is 3.07 bits per heavy atom. The molecule has 0 aromatic carbocycles. The first-order chi connectivity index (χ1) is 6.79. The fraction of sp³-hybridized carbons (Fsp3) is 0.727. The van der Waals surface area contributed by atoms with Crippen molar-refractivity contribution < 1.29 is 9.53 Å². The van der Waals surface area contributed by atoms with Gasteiger partial charge in [0.05, 0.1) is 0 Å². The number of carbonyl (C=O) groups is 1. The Hall–Kier alpha value is -0.830. The average molecular weight is 197 g/mol. The van der Waals surface area contributed by atoms with Gasteiger partial charge in [-0.2, -0.15) is 0 Å². The number of hydrogen-bond acceptors (Lipinski definition) is 2. The van der Waals surface area contributed by atoms with Crippen molar-refractivity contribution in [3.05, 3.63) is 12.7 Å². The molecule has 0 radical (unpaired) electrons. The molecule has 14 heavy (non-hydrogen) atoms. The number of likely N-dealkylation sites (tertiary alicyclic amines) is 1. The first kappa shape index (κ1) is 11.2. The summed E-state index contributed by atoms with van der Waals surface area (Å²) in [5, 5.41) is 0. The molecular weight excluding hydrogens is 178 g/mol. The summed E-state index contributed by atoms with van der Waals surface area (Å²) in [7, 11) is 1.70. The van der Waals surface area contributed by atoms with Crippen LogP contribution >= 0.6 is 0 Å². The van der Waals surface area contributed by atoms with Gasteiger partial charge < -0.3 is 9.64 Å². The third-order valence-corrected chi connectivity index (χ3v) is 2.74. The molecule has 0 aliphatic carbocycles. The molecule has 80 valence electrons. The van der Waals surface area contributed by atoms with Gasteiger partial charge >= 0.3 is 0 Å². The summed E-state index contributed by atoms with van der Waals surface area (Å²) in [4.78, 5) is 13.4. The lowest BCUT2D eigenvalue weighted by Crippen LogP contribution is -2.43. The summed E-state index contributed by atoms with van der Waals surface area (Å²) in [6.45, 7) is 5.13. The molecule has 1 heterocycles. The van der Waals surface area contributed by atoms with Crippen molar-refractivity contribution in [1.82, 2.24) is 4.90 Å². The van der Waals surface area contributed by atoms with Crippen LogP contribution in [0.2, 0.25) is 0 Å². The number of ether oxygens (including phenoxy) is 1. The molecule has 1 aliphatic heterocycles. The van der Waals surface area contributed by atoms with Crippen LogP contribution in [0.1, 0.15) is 25.7 Å². The largest absolute Gasteiger partial charge is 0.385 e. The van der Waals surface area contributed by atoms with Gasteiger partial charge in [0.15, 0.2) is 0 Å². The molecule has 0 saturated carbocycles. The van der Waals surface area contributed by atoms with E-state index in [-0.39, 0.29) is 5.91 Å². The highest BCUT2D eigenvalue weighted by Gasteiger charge is 2.24. The second-order valence-electron chi connectivity index (χ2n) is 3.67. The van der Waals surface area contributed by atoms with Crippen LogP contribution in [0.25, 0.3) is 0 Å². The molecule has 0 N–H and O–H groups in total. The van der Waals surface area contributed by atoms with Gasteiger partial charge in [0.2, 0.25) is 5.91 Å². The molecular formula is C11H19NO2. The van der Waals surface area contributed by atoms with Crippen LogP contribution in [0.4, 0.5) is 0 Å². The van der Waals surface area contributed by atoms with Crippen LogP contribution < -0.4 is 0 Å². The number of hydrogen-bond donors (Lipinski definition) is 0. The lowest BCUT2D eigenvalue weighted by molar-refractivity contribution is -0.129. The Kier molecular flexibility index (Phi) is 4.66. The van der Waals surface area contributed by atoms with E-state index in [4.69, 9.17) is 4.74 Å². The molecule has 0 aromatic heterocycles. The van der Waals surface area contributed by atoms with Gasteiger partial charge in [-0.25, -0.2) is 0 Å². The van der Waals surface area contributed by atoms with E-state index in [2.05, 4.69) is 6.58 Å². The van der Waals surface area contributed by atoms with Gasteiger partial charge in [0.1, 0.15) is 0 Å². The van der Waals surface area contributed by atoms with E-state index in [0.29, 0.717) is 6.04 Å². The van der Waals surface area contributed by atoms with Gasteiger partial charge in [0, 0.05) is 26.3 Å². The zero-order valence-electron chi connectivity index (χ0n) is 8.87. The van der Waals surface area contributed by atoms with E-state index >= 15 is 0 Å². The Labute approximate surface area is 85.7 Å². The van der Waals surface area contributed by atoms with Crippen LogP contribution in [-0.4, -0.2) is 37.1 Å². The third kappa shape index (κ3) is 2.84. The minimum absolute atomic E-state index is 0.0609. The molecule has 1 rings (SSSR count). The third-order valence-electron chi connectivity index (χ3n) is 2.74. The second-order valence-corrected chi connectivity index (χ2v) is 3.67. The van der Waals surface area contributed by atoms with Crippen molar-refractivity contribution in [3.8, 4) is 0 Å². The number of nitrogens with zero attached hydrogens (tertiary/aromatic N) is 1. The first-order valence-corrected chi connectivity index (χ1v) is 5.21. The molecule has 0 spiro atoms. The highest BCUT2D eigenvalue weighted by Crippen LogP contribution is 2.19. The van der Waals surface area contributed by atoms with E-state index in [1.54, 1.807) is 7.11 Å². The summed E-state index contributed by atoms with van der Waals surface area (Å²) in [6.07, 6.45) is 5.78. The van der Waals surface area contributed by atoms with Crippen molar-refractivity contribution in [1.29, 1.82) is 0 Å². The second kappa shape index (κ2) is 5.81. The van der Waals surface area contributed by atoms with Crippen molar-refractivity contribution in [2.75, 3.05) is 20.3 Å². The van der Waals surface area contributed by atoms with Crippen molar-refractivity contribution in [2.24, 2.45) is 0 Å². The lowest BCUT2D eigenvalue weighted by atomic mass is 9.99. The van der Waals surface area contributed by atoms with E-state index in [0.717, 1.165) is 32.4 Å². The van der Waals surface area contributed by atoms with E-state index in [9.17, 15) is 4.79 Å². The van der Waals surface area contributed by atoms with Crippen molar-refractivity contribution in [3.63, 3.8) is 0 Å². The van der Waals surface area contributed by atoms with Crippen LogP contribution in [0.5, 0.6) is 0 Å². The summed E-state index contributed by atoms with van der Waals surface area (Å²) in [5.41, 5.74) is 0. The zero-order chi connectivity index (χ0) is 10.4. The summed E-state index contributed by atoms with van der Waals surface area (Å²) in [5.74, 6) is 0.0609. The Bertz CT molecular complexity index is 203. The zero-order valence-corrected chi connectivity index (χ0v) is 8.87. The van der Waals surface area contributed by atoms with Gasteiger partial charge in [-0.15, -0.1) is 0 Å². The SMILES string of the molecule is C=CC(=O)N1CCCCC1CCOC. The van der Waals surface area contributed by atoms with Gasteiger partial charge in [-0.05, 0) is 31.8 Å². The highest BCUT2D eigenvalue weighted by atomic mass is 16.5. The van der Waals surface area contributed by atoms with Crippen LogP contribution in [0, 0.1) is 0 Å². The number of carbonyl (C=O) groups excluding carboxylic acids is 1. The van der Waals surface area contributed by atoms with E-state index in [1.807, 2.05) is 4.90 Å². The van der Waals surface area contributed by atoms with Gasteiger partial charge in [0.25, 0.3) is 0 Å². The highest BCUT2D eigenvalue weighted by molar-refractivity contribution is 5.87. The molecule has 1 unspecified atom stereocenters. The predicted octanol–water partition coefficient (Wildman–Crippen LogP) is 1.59. The number of methoxy groups -OCH3 is 1. The molecule has 3 nitrogen and oxygen atoms in total. The molecule has 1 saturated heterocycles. The maximum absolute atomic E-state index is 11.5. The average Bonchev–Trinajstić information content (AvgIpc) is 2.25. The van der Waals surface area contributed by atoms with E-state index < -0.39 is 0 Å². The van der Waals surface area contributed by atoms with Crippen LogP contribution in [-0.2, 0) is 9.53 Å². The molecule has 1 aliphatic rings. The molecule has 0 aromatic rings. The summed E-state index contributed by atoms with van der Waals surface area (Å²) in [6, 6.07) is 0.356. The number of piperidine rings is 1. The minimum atomic E-state index is 0.0609. The smallest absolute Gasteiger partial charge is 0.246 e. The molecule has 1 amide bonds. The van der Waals surface area contributed by atoms with E-state index in [1.165, 1.54) is 12.5 Å². The van der Waals surface area contributed by atoms with Gasteiger partial charge in [-0.3, -0.25) is 4.79 Å². The van der Waals surface area contributed by atoms with Crippen molar-refractivity contribution >= 4 is 5.91 Å². The molecule has 3 heteroatoms. The summed E-state index contributed by atoms with van der Waals surface area (Å²) >= 11 is 0. The number of amides is 1. The Balaban J connectivity index is 2.49. The first-order valence-electron chi connectivity index (χ1n) is 5.21. The molecule has 1 fully saturated rings. The maximum atomic E-state index is 11.5. The van der Waals surface area contributed by atoms with Gasteiger partial charge in [-0.1, -0.05) is 6.58 Å².